The van der Waals surface area contributed by atoms with Crippen LogP contribution in [0.4, 0.5) is 0 Å². The molecule has 0 radical (unpaired) electrons. The van der Waals surface area contributed by atoms with Crippen LogP contribution in [0.5, 0.6) is 5.75 Å². The van der Waals surface area contributed by atoms with Crippen molar-refractivity contribution in [1.82, 2.24) is 20.1 Å². The number of hydrogen-bond donors (Lipinski definition) is 1. The van der Waals surface area contributed by atoms with Gasteiger partial charge in [-0.05, 0) is 30.5 Å². The van der Waals surface area contributed by atoms with Gasteiger partial charge in [-0.2, -0.15) is 0 Å². The van der Waals surface area contributed by atoms with Gasteiger partial charge in [0, 0.05) is 6.54 Å². The van der Waals surface area contributed by atoms with Crippen LogP contribution in [-0.2, 0) is 11.3 Å². The van der Waals surface area contributed by atoms with Gasteiger partial charge in [0.05, 0.1) is 17.2 Å². The third kappa shape index (κ3) is 4.86. The predicted molar refractivity (Wildman–Crippen MR) is 105 cm³/mol. The van der Waals surface area contributed by atoms with Crippen molar-refractivity contribution in [3.63, 3.8) is 0 Å². The smallest absolute Gasteiger partial charge is 0.230 e. The van der Waals surface area contributed by atoms with E-state index in [-0.39, 0.29) is 5.91 Å². The maximum atomic E-state index is 12.0. The van der Waals surface area contributed by atoms with Crippen molar-refractivity contribution >= 4 is 29.0 Å². The summed E-state index contributed by atoms with van der Waals surface area (Å²) in [6.07, 6.45) is 0. The first-order chi connectivity index (χ1) is 12.8. The van der Waals surface area contributed by atoms with E-state index in [1.165, 1.54) is 11.8 Å². The number of carbonyl (C=O) groups excluding carboxylic acids is 1. The molecule has 2 aromatic heterocycles. The molecule has 0 atom stereocenters. The second-order valence-corrected chi connectivity index (χ2v) is 7.22. The second kappa shape index (κ2) is 9.40. The fourth-order valence-electron chi connectivity index (χ4n) is 2.33. The molecule has 0 aliphatic carbocycles. The third-order valence-electron chi connectivity index (χ3n) is 3.54. The molecule has 0 fully saturated rings. The van der Waals surface area contributed by atoms with Crippen molar-refractivity contribution < 1.29 is 9.53 Å². The summed E-state index contributed by atoms with van der Waals surface area (Å²) in [5.41, 5.74) is 0. The number of rotatable bonds is 9. The fourth-order valence-corrected chi connectivity index (χ4v) is 3.88. The number of ether oxygens (including phenoxy) is 1. The van der Waals surface area contributed by atoms with Gasteiger partial charge in [-0.3, -0.25) is 4.79 Å². The first kappa shape index (κ1) is 18.5. The van der Waals surface area contributed by atoms with Crippen molar-refractivity contribution in [3.8, 4) is 16.5 Å². The molecule has 1 amide bonds. The van der Waals surface area contributed by atoms with Crippen molar-refractivity contribution in [3.05, 3.63) is 47.8 Å². The Kier molecular flexibility index (Phi) is 6.68. The Bertz CT molecular complexity index is 819. The minimum atomic E-state index is -0.0463. The van der Waals surface area contributed by atoms with E-state index in [1.807, 2.05) is 59.3 Å². The van der Waals surface area contributed by atoms with Gasteiger partial charge in [-0.25, -0.2) is 0 Å². The summed E-state index contributed by atoms with van der Waals surface area (Å²) in [6, 6.07) is 13.6. The molecule has 0 aliphatic heterocycles. The highest BCUT2D eigenvalue weighted by Crippen LogP contribution is 2.26. The average Bonchev–Trinajstić information content (AvgIpc) is 3.33. The van der Waals surface area contributed by atoms with E-state index in [9.17, 15) is 4.79 Å². The van der Waals surface area contributed by atoms with Gasteiger partial charge in [-0.15, -0.1) is 21.5 Å². The van der Waals surface area contributed by atoms with Crippen molar-refractivity contribution in [2.24, 2.45) is 0 Å². The molecule has 0 bridgehead atoms. The van der Waals surface area contributed by atoms with Crippen molar-refractivity contribution in [1.29, 1.82) is 0 Å². The highest BCUT2D eigenvalue weighted by atomic mass is 32.2. The standard InChI is InChI=1S/C18H20N4O2S2/c1-2-22-17(15-9-6-12-25-15)20-21-18(22)26-13-16(23)19-10-11-24-14-7-4-3-5-8-14/h3-9,12H,2,10-11,13H2,1H3,(H,19,23). The number of hydrogen-bond acceptors (Lipinski definition) is 6. The summed E-state index contributed by atoms with van der Waals surface area (Å²) in [7, 11) is 0. The van der Waals surface area contributed by atoms with Crippen LogP contribution in [0, 0.1) is 0 Å². The van der Waals surface area contributed by atoms with Crippen LogP contribution in [-0.4, -0.2) is 39.6 Å². The first-order valence-corrected chi connectivity index (χ1v) is 10.2. The van der Waals surface area contributed by atoms with E-state index in [0.717, 1.165) is 28.2 Å². The van der Waals surface area contributed by atoms with E-state index >= 15 is 0 Å². The van der Waals surface area contributed by atoms with Crippen molar-refractivity contribution in [2.45, 2.75) is 18.6 Å². The minimum absolute atomic E-state index is 0.0463. The van der Waals surface area contributed by atoms with E-state index in [2.05, 4.69) is 15.5 Å². The molecule has 26 heavy (non-hydrogen) atoms. The van der Waals surface area contributed by atoms with E-state index in [1.54, 1.807) is 11.3 Å². The number of para-hydroxylation sites is 1. The lowest BCUT2D eigenvalue weighted by atomic mass is 10.3. The van der Waals surface area contributed by atoms with Crippen LogP contribution >= 0.6 is 23.1 Å². The number of benzene rings is 1. The van der Waals surface area contributed by atoms with Gasteiger partial charge in [0.2, 0.25) is 5.91 Å². The first-order valence-electron chi connectivity index (χ1n) is 8.32. The Morgan fingerprint density at radius 1 is 1.23 bits per heavy atom. The monoisotopic (exact) mass is 388 g/mol. The number of carbonyl (C=O) groups is 1. The van der Waals surface area contributed by atoms with E-state index in [0.29, 0.717) is 18.9 Å². The number of nitrogens with zero attached hydrogens (tertiary/aromatic N) is 3. The second-order valence-electron chi connectivity index (χ2n) is 5.33. The Morgan fingerprint density at radius 3 is 2.81 bits per heavy atom. The third-order valence-corrected chi connectivity index (χ3v) is 5.38. The summed E-state index contributed by atoms with van der Waals surface area (Å²) < 4.78 is 7.58. The maximum absolute atomic E-state index is 12.0. The largest absolute Gasteiger partial charge is 0.492 e. The maximum Gasteiger partial charge on any atom is 0.230 e. The van der Waals surface area contributed by atoms with Gasteiger partial charge in [-0.1, -0.05) is 36.0 Å². The molecular formula is C18H20N4O2S2. The molecule has 0 saturated carbocycles. The van der Waals surface area contributed by atoms with Gasteiger partial charge < -0.3 is 14.6 Å². The molecule has 1 aromatic carbocycles. The van der Waals surface area contributed by atoms with Gasteiger partial charge in [0.25, 0.3) is 0 Å². The Labute approximate surface area is 160 Å². The highest BCUT2D eigenvalue weighted by Gasteiger charge is 2.15. The summed E-state index contributed by atoms with van der Waals surface area (Å²) in [5.74, 6) is 1.90. The molecule has 136 valence electrons. The zero-order chi connectivity index (χ0) is 18.2. The predicted octanol–water partition coefficient (Wildman–Crippen LogP) is 3.31. The molecule has 0 saturated heterocycles. The molecular weight excluding hydrogens is 368 g/mol. The van der Waals surface area contributed by atoms with Gasteiger partial charge >= 0.3 is 0 Å². The SMILES string of the molecule is CCn1c(SCC(=O)NCCOc2ccccc2)nnc1-c1cccs1. The Morgan fingerprint density at radius 2 is 2.08 bits per heavy atom. The normalized spacial score (nSPS) is 10.7. The molecule has 0 spiro atoms. The zero-order valence-corrected chi connectivity index (χ0v) is 16.1. The fraction of sp³-hybridized carbons (Fsp3) is 0.278. The van der Waals surface area contributed by atoms with E-state index < -0.39 is 0 Å². The van der Waals surface area contributed by atoms with Crippen LogP contribution in [0.15, 0.2) is 53.0 Å². The molecule has 3 aromatic rings. The number of thiophene rings is 1. The van der Waals surface area contributed by atoms with Crippen LogP contribution in [0.2, 0.25) is 0 Å². The summed E-state index contributed by atoms with van der Waals surface area (Å²) >= 11 is 3.02. The topological polar surface area (TPSA) is 69.0 Å². The van der Waals surface area contributed by atoms with Gasteiger partial charge in [0.15, 0.2) is 11.0 Å². The lowest BCUT2D eigenvalue weighted by Gasteiger charge is -2.08. The van der Waals surface area contributed by atoms with Crippen LogP contribution in [0.3, 0.4) is 0 Å². The summed E-state index contributed by atoms with van der Waals surface area (Å²) in [5, 5.41) is 14.1. The number of aromatic nitrogens is 3. The molecule has 8 heteroatoms. The number of nitrogens with one attached hydrogen (secondary N) is 1. The summed E-state index contributed by atoms with van der Waals surface area (Å²) in [6.45, 7) is 3.71. The molecule has 0 aliphatic rings. The average molecular weight is 389 g/mol. The lowest BCUT2D eigenvalue weighted by Crippen LogP contribution is -2.29. The van der Waals surface area contributed by atoms with Gasteiger partial charge in [0.1, 0.15) is 12.4 Å². The Hall–Kier alpha value is -2.32. The molecule has 2 heterocycles. The molecule has 3 rings (SSSR count). The summed E-state index contributed by atoms with van der Waals surface area (Å²) in [4.78, 5) is 13.1. The molecule has 6 nitrogen and oxygen atoms in total. The Balaban J connectivity index is 1.44. The van der Waals surface area contributed by atoms with Crippen LogP contribution < -0.4 is 10.1 Å². The van der Waals surface area contributed by atoms with E-state index in [4.69, 9.17) is 4.74 Å². The minimum Gasteiger partial charge on any atom is -0.492 e. The quantitative estimate of drug-likeness (QED) is 0.450. The zero-order valence-electron chi connectivity index (χ0n) is 14.4. The van der Waals surface area contributed by atoms with Crippen LogP contribution in [0.1, 0.15) is 6.92 Å². The number of amides is 1. The lowest BCUT2D eigenvalue weighted by molar-refractivity contribution is -0.118. The van der Waals surface area contributed by atoms with Crippen molar-refractivity contribution in [2.75, 3.05) is 18.9 Å². The van der Waals surface area contributed by atoms with Crippen LogP contribution in [0.25, 0.3) is 10.7 Å². The molecule has 1 N–H and O–H groups in total. The highest BCUT2D eigenvalue weighted by molar-refractivity contribution is 7.99. The number of thioether (sulfide) groups is 1. The molecule has 0 unspecified atom stereocenters.